The number of nitrogens with zero attached hydrogens (tertiary/aromatic N) is 3. The molecule has 0 radical (unpaired) electrons. The van der Waals surface area contributed by atoms with E-state index in [1.54, 1.807) is 12.4 Å². The summed E-state index contributed by atoms with van der Waals surface area (Å²) in [6.45, 7) is 2.17. The second-order valence-electron chi connectivity index (χ2n) is 5.72. The Kier molecular flexibility index (Phi) is 3.23. The molecule has 0 atom stereocenters. The monoisotopic (exact) mass is 294 g/mol. The first-order valence-corrected chi connectivity index (χ1v) is 7.57. The zero-order valence-electron chi connectivity index (χ0n) is 12.2. The van der Waals surface area contributed by atoms with E-state index in [0.29, 0.717) is 11.7 Å². The first-order valence-electron chi connectivity index (χ1n) is 7.57. The average molecular weight is 294 g/mol. The zero-order valence-corrected chi connectivity index (χ0v) is 12.2. The lowest BCUT2D eigenvalue weighted by Gasteiger charge is -2.22. The van der Waals surface area contributed by atoms with Gasteiger partial charge in [-0.2, -0.15) is 5.10 Å². The number of pyridine rings is 2. The summed E-state index contributed by atoms with van der Waals surface area (Å²) in [6.07, 6.45) is 7.86. The summed E-state index contributed by atoms with van der Waals surface area (Å²) in [4.78, 5) is 8.88. The van der Waals surface area contributed by atoms with Crippen LogP contribution in [0.2, 0.25) is 0 Å². The van der Waals surface area contributed by atoms with Gasteiger partial charge in [0, 0.05) is 24.2 Å². The number of nitrogens with two attached hydrogens (primary N) is 1. The molecule has 4 heterocycles. The summed E-state index contributed by atoms with van der Waals surface area (Å²) < 4.78 is 0. The van der Waals surface area contributed by atoms with Crippen molar-refractivity contribution in [1.29, 1.82) is 0 Å². The van der Waals surface area contributed by atoms with Gasteiger partial charge in [-0.25, -0.2) is 0 Å². The van der Waals surface area contributed by atoms with Crippen LogP contribution in [0, 0.1) is 0 Å². The van der Waals surface area contributed by atoms with Gasteiger partial charge in [0.2, 0.25) is 0 Å². The van der Waals surface area contributed by atoms with E-state index in [2.05, 4.69) is 37.6 Å². The fourth-order valence-electron chi connectivity index (χ4n) is 3.11. The van der Waals surface area contributed by atoms with Crippen LogP contribution in [0.25, 0.3) is 22.2 Å². The number of aromatic amines is 1. The highest BCUT2D eigenvalue weighted by Crippen LogP contribution is 2.29. The molecule has 1 fully saturated rings. The normalized spacial score (nSPS) is 16.2. The third-order valence-corrected chi connectivity index (χ3v) is 4.38. The van der Waals surface area contributed by atoms with E-state index in [0.717, 1.165) is 35.2 Å². The molecule has 0 amide bonds. The molecule has 3 aromatic rings. The number of nitrogen functional groups attached to an aromatic ring is 1. The van der Waals surface area contributed by atoms with Gasteiger partial charge in [-0.3, -0.25) is 15.1 Å². The minimum absolute atomic E-state index is 0.468. The molecule has 3 aromatic heterocycles. The van der Waals surface area contributed by atoms with Crippen molar-refractivity contribution < 1.29 is 0 Å². The number of piperidine rings is 1. The Hall–Kier alpha value is -2.47. The van der Waals surface area contributed by atoms with E-state index < -0.39 is 0 Å². The predicted molar refractivity (Wildman–Crippen MR) is 86.4 cm³/mol. The van der Waals surface area contributed by atoms with Crippen LogP contribution in [0.4, 0.5) is 5.82 Å². The van der Waals surface area contributed by atoms with Crippen LogP contribution in [0.15, 0.2) is 30.7 Å². The summed E-state index contributed by atoms with van der Waals surface area (Å²) in [6, 6.07) is 4.24. The van der Waals surface area contributed by atoms with E-state index in [9.17, 15) is 0 Å². The molecular formula is C16H18N6. The Bertz CT molecular complexity index is 786. The van der Waals surface area contributed by atoms with Gasteiger partial charge >= 0.3 is 0 Å². The largest absolute Gasteiger partial charge is 0.382 e. The molecule has 0 aromatic carbocycles. The smallest absolute Gasteiger partial charge is 0.154 e. The van der Waals surface area contributed by atoms with Gasteiger partial charge in [0.15, 0.2) is 5.82 Å². The average Bonchev–Trinajstić information content (AvgIpc) is 2.97. The molecule has 0 saturated carbocycles. The van der Waals surface area contributed by atoms with E-state index >= 15 is 0 Å². The molecule has 6 heteroatoms. The second-order valence-corrected chi connectivity index (χ2v) is 5.72. The molecule has 6 nitrogen and oxygen atoms in total. The van der Waals surface area contributed by atoms with Crippen LogP contribution >= 0.6 is 0 Å². The summed E-state index contributed by atoms with van der Waals surface area (Å²) >= 11 is 0. The molecule has 1 aliphatic heterocycles. The van der Waals surface area contributed by atoms with Crippen LogP contribution < -0.4 is 11.1 Å². The standard InChI is InChI=1S/C16H18N6/c17-16-13-9-19-8-12(15(13)21-22-16)14-2-1-11(7-20-14)10-3-5-18-6-4-10/h1-2,7-10,18H,3-6H2,(H3,17,21,22). The van der Waals surface area contributed by atoms with Crippen molar-refractivity contribution in [2.45, 2.75) is 18.8 Å². The molecule has 0 aliphatic carbocycles. The van der Waals surface area contributed by atoms with E-state index in [4.69, 9.17) is 5.73 Å². The maximum atomic E-state index is 5.84. The summed E-state index contributed by atoms with van der Waals surface area (Å²) in [5.41, 5.74) is 9.85. The second kappa shape index (κ2) is 5.38. The minimum Gasteiger partial charge on any atom is -0.382 e. The molecule has 112 valence electrons. The molecule has 4 rings (SSSR count). The highest BCUT2D eigenvalue weighted by molar-refractivity contribution is 5.97. The number of anilines is 1. The van der Waals surface area contributed by atoms with Gasteiger partial charge in [0.1, 0.15) is 0 Å². The predicted octanol–water partition coefficient (Wildman–Crippen LogP) is 2.07. The van der Waals surface area contributed by atoms with Gasteiger partial charge < -0.3 is 11.1 Å². The summed E-state index contributed by atoms with van der Waals surface area (Å²) in [5.74, 6) is 1.08. The number of nitrogens with one attached hydrogen (secondary N) is 2. The van der Waals surface area contributed by atoms with Crippen LogP contribution in [-0.4, -0.2) is 33.3 Å². The maximum absolute atomic E-state index is 5.84. The van der Waals surface area contributed by atoms with Gasteiger partial charge in [-0.05, 0) is 43.5 Å². The highest BCUT2D eigenvalue weighted by Gasteiger charge is 2.16. The van der Waals surface area contributed by atoms with Crippen molar-refractivity contribution in [2.75, 3.05) is 18.8 Å². The van der Waals surface area contributed by atoms with E-state index in [-0.39, 0.29) is 0 Å². The Morgan fingerprint density at radius 1 is 1.09 bits per heavy atom. The lowest BCUT2D eigenvalue weighted by Crippen LogP contribution is -2.26. The molecule has 0 unspecified atom stereocenters. The first kappa shape index (κ1) is 13.2. The number of hydrogen-bond donors (Lipinski definition) is 3. The number of hydrogen-bond acceptors (Lipinski definition) is 5. The van der Waals surface area contributed by atoms with Crippen molar-refractivity contribution in [2.24, 2.45) is 0 Å². The SMILES string of the molecule is Nc1n[nH]c2c(-c3ccc(C4CCNCC4)cn3)cncc12. The summed E-state index contributed by atoms with van der Waals surface area (Å²) in [7, 11) is 0. The molecule has 4 N–H and O–H groups in total. The highest BCUT2D eigenvalue weighted by atomic mass is 15.2. The lowest BCUT2D eigenvalue weighted by atomic mass is 9.91. The number of aromatic nitrogens is 4. The van der Waals surface area contributed by atoms with Crippen LogP contribution in [0.5, 0.6) is 0 Å². The molecule has 0 bridgehead atoms. The van der Waals surface area contributed by atoms with E-state index in [1.165, 1.54) is 18.4 Å². The topological polar surface area (TPSA) is 92.5 Å². The third kappa shape index (κ3) is 2.21. The van der Waals surface area contributed by atoms with Crippen LogP contribution in [0.1, 0.15) is 24.3 Å². The number of H-pyrrole nitrogens is 1. The van der Waals surface area contributed by atoms with Gasteiger partial charge in [0.05, 0.1) is 16.6 Å². The third-order valence-electron chi connectivity index (χ3n) is 4.38. The van der Waals surface area contributed by atoms with Crippen LogP contribution in [-0.2, 0) is 0 Å². The minimum atomic E-state index is 0.468. The fourth-order valence-corrected chi connectivity index (χ4v) is 3.11. The van der Waals surface area contributed by atoms with Crippen molar-refractivity contribution in [3.05, 3.63) is 36.3 Å². The zero-order chi connectivity index (χ0) is 14.9. The summed E-state index contributed by atoms with van der Waals surface area (Å²) in [5, 5.41) is 11.2. The number of rotatable bonds is 2. The van der Waals surface area contributed by atoms with E-state index in [1.807, 2.05) is 6.20 Å². The number of fused-ring (bicyclic) bond motifs is 1. The molecular weight excluding hydrogens is 276 g/mol. The van der Waals surface area contributed by atoms with Crippen molar-refractivity contribution in [1.82, 2.24) is 25.5 Å². The Morgan fingerprint density at radius 2 is 1.95 bits per heavy atom. The van der Waals surface area contributed by atoms with Crippen molar-refractivity contribution >= 4 is 16.7 Å². The van der Waals surface area contributed by atoms with Crippen LogP contribution in [0.3, 0.4) is 0 Å². The Balaban J connectivity index is 1.70. The Labute approximate surface area is 128 Å². The lowest BCUT2D eigenvalue weighted by molar-refractivity contribution is 0.459. The van der Waals surface area contributed by atoms with Crippen molar-refractivity contribution in [3.8, 4) is 11.3 Å². The van der Waals surface area contributed by atoms with Gasteiger partial charge in [-0.15, -0.1) is 0 Å². The molecule has 22 heavy (non-hydrogen) atoms. The molecule has 1 saturated heterocycles. The molecule has 1 aliphatic rings. The van der Waals surface area contributed by atoms with Gasteiger partial charge in [0.25, 0.3) is 0 Å². The first-order chi connectivity index (χ1) is 10.8. The molecule has 0 spiro atoms. The fraction of sp³-hybridized carbons (Fsp3) is 0.312. The van der Waals surface area contributed by atoms with Crippen molar-refractivity contribution in [3.63, 3.8) is 0 Å². The Morgan fingerprint density at radius 3 is 2.73 bits per heavy atom. The van der Waals surface area contributed by atoms with Gasteiger partial charge in [-0.1, -0.05) is 6.07 Å². The maximum Gasteiger partial charge on any atom is 0.154 e. The quantitative estimate of drug-likeness (QED) is 0.673.